The summed E-state index contributed by atoms with van der Waals surface area (Å²) in [6, 6.07) is 9.93. The Labute approximate surface area is 175 Å². The number of amidine groups is 1. The van der Waals surface area contributed by atoms with Gasteiger partial charge in [-0.3, -0.25) is 9.98 Å². The molecule has 2 aliphatic heterocycles. The number of benzene rings is 1. The average Bonchev–Trinajstić information content (AvgIpc) is 3.19. The van der Waals surface area contributed by atoms with E-state index in [0.29, 0.717) is 21.8 Å². The fraction of sp³-hybridized carbons (Fsp3) is 0.429. The molecule has 4 rings (SSSR count). The van der Waals surface area contributed by atoms with E-state index in [0.717, 1.165) is 23.0 Å². The molecule has 0 bridgehead atoms. The van der Waals surface area contributed by atoms with Crippen molar-refractivity contribution >= 4 is 28.5 Å². The standard InChI is InChI=1S/C21H24ClN3O2S/c1-12(2)27-20-15(22)9-14(10-17(20)26-4)19-18(16-7-5-6-8-23-16)24-21-25(19)11-13(3)28-21/h5-10,12-13,18-19H,11H2,1-4H3/t13-,18-,19-/m1/s1. The predicted octanol–water partition coefficient (Wildman–Crippen LogP) is 5.12. The van der Waals surface area contributed by atoms with Crippen LogP contribution in [0.4, 0.5) is 0 Å². The van der Waals surface area contributed by atoms with Crippen LogP contribution in [0.3, 0.4) is 0 Å². The van der Waals surface area contributed by atoms with Crippen molar-refractivity contribution in [2.45, 2.75) is 44.2 Å². The molecule has 3 atom stereocenters. The molecule has 0 saturated carbocycles. The number of nitrogens with zero attached hydrogens (tertiary/aromatic N) is 3. The summed E-state index contributed by atoms with van der Waals surface area (Å²) in [5, 5.41) is 2.13. The van der Waals surface area contributed by atoms with Gasteiger partial charge in [0, 0.05) is 18.0 Å². The first kappa shape index (κ1) is 19.4. The van der Waals surface area contributed by atoms with Crippen molar-refractivity contribution in [3.8, 4) is 11.5 Å². The van der Waals surface area contributed by atoms with Gasteiger partial charge >= 0.3 is 0 Å². The average molecular weight is 418 g/mol. The summed E-state index contributed by atoms with van der Waals surface area (Å²) in [6.07, 6.45) is 1.83. The zero-order valence-electron chi connectivity index (χ0n) is 16.4. The molecule has 0 unspecified atom stereocenters. The molecule has 2 aliphatic rings. The van der Waals surface area contributed by atoms with Crippen LogP contribution in [0.25, 0.3) is 0 Å². The maximum absolute atomic E-state index is 6.62. The molecule has 0 amide bonds. The fourth-order valence-electron chi connectivity index (χ4n) is 3.74. The minimum atomic E-state index is -0.0751. The summed E-state index contributed by atoms with van der Waals surface area (Å²) in [4.78, 5) is 11.9. The molecule has 0 N–H and O–H groups in total. The van der Waals surface area contributed by atoms with Crippen LogP contribution in [0, 0.1) is 0 Å². The number of fused-ring (bicyclic) bond motifs is 1. The van der Waals surface area contributed by atoms with Gasteiger partial charge in [0.15, 0.2) is 16.7 Å². The lowest BCUT2D eigenvalue weighted by Crippen LogP contribution is -2.28. The van der Waals surface area contributed by atoms with Gasteiger partial charge in [0.1, 0.15) is 6.04 Å². The monoisotopic (exact) mass is 417 g/mol. The lowest BCUT2D eigenvalue weighted by atomic mass is 9.96. The van der Waals surface area contributed by atoms with Gasteiger partial charge in [-0.15, -0.1) is 0 Å². The van der Waals surface area contributed by atoms with Crippen LogP contribution >= 0.6 is 23.4 Å². The normalized spacial score (nSPS) is 23.7. The molecule has 1 fully saturated rings. The highest BCUT2D eigenvalue weighted by atomic mass is 35.5. The zero-order chi connectivity index (χ0) is 19.8. The zero-order valence-corrected chi connectivity index (χ0v) is 18.0. The molecule has 3 heterocycles. The van der Waals surface area contributed by atoms with E-state index >= 15 is 0 Å². The summed E-state index contributed by atoms with van der Waals surface area (Å²) < 4.78 is 11.5. The number of thioether (sulfide) groups is 1. The molecular weight excluding hydrogens is 394 g/mol. The van der Waals surface area contributed by atoms with Crippen LogP contribution in [0.15, 0.2) is 41.5 Å². The topological polar surface area (TPSA) is 47.0 Å². The maximum Gasteiger partial charge on any atom is 0.180 e. The number of halogens is 1. The molecule has 1 aromatic heterocycles. The summed E-state index contributed by atoms with van der Waals surface area (Å²) in [7, 11) is 1.64. The minimum Gasteiger partial charge on any atom is -0.493 e. The number of rotatable bonds is 5. The van der Waals surface area contributed by atoms with Crippen LogP contribution in [0.2, 0.25) is 5.02 Å². The third-order valence-corrected chi connectivity index (χ3v) is 6.21. The smallest absolute Gasteiger partial charge is 0.180 e. The van der Waals surface area contributed by atoms with E-state index in [4.69, 9.17) is 26.1 Å². The summed E-state index contributed by atoms with van der Waals surface area (Å²) in [5.41, 5.74) is 2.02. The van der Waals surface area contributed by atoms with Gasteiger partial charge in [-0.05, 0) is 43.7 Å². The predicted molar refractivity (Wildman–Crippen MR) is 115 cm³/mol. The Morgan fingerprint density at radius 2 is 2.11 bits per heavy atom. The number of hydrogen-bond acceptors (Lipinski definition) is 6. The van der Waals surface area contributed by atoms with Crippen molar-refractivity contribution in [3.05, 3.63) is 52.8 Å². The van der Waals surface area contributed by atoms with Crippen molar-refractivity contribution in [2.75, 3.05) is 13.7 Å². The number of ether oxygens (including phenoxy) is 2. The van der Waals surface area contributed by atoms with Gasteiger partial charge < -0.3 is 14.4 Å². The highest BCUT2D eigenvalue weighted by Gasteiger charge is 2.44. The number of aliphatic imine (C=N–C) groups is 1. The van der Waals surface area contributed by atoms with Crippen LogP contribution in [-0.2, 0) is 0 Å². The first-order chi connectivity index (χ1) is 13.5. The van der Waals surface area contributed by atoms with Crippen LogP contribution < -0.4 is 9.47 Å². The third kappa shape index (κ3) is 3.55. The lowest BCUT2D eigenvalue weighted by Gasteiger charge is -2.28. The van der Waals surface area contributed by atoms with Crippen molar-refractivity contribution in [2.24, 2.45) is 4.99 Å². The highest BCUT2D eigenvalue weighted by molar-refractivity contribution is 8.14. The number of hydrogen-bond donors (Lipinski definition) is 0. The highest BCUT2D eigenvalue weighted by Crippen LogP contribution is 2.50. The molecule has 148 valence electrons. The summed E-state index contributed by atoms with van der Waals surface area (Å²) >= 11 is 8.44. The van der Waals surface area contributed by atoms with E-state index in [-0.39, 0.29) is 18.2 Å². The Morgan fingerprint density at radius 3 is 2.79 bits per heavy atom. The van der Waals surface area contributed by atoms with Crippen LogP contribution in [0.1, 0.15) is 44.1 Å². The van der Waals surface area contributed by atoms with Gasteiger partial charge in [-0.2, -0.15) is 0 Å². The molecular formula is C21H24ClN3O2S. The summed E-state index contributed by atoms with van der Waals surface area (Å²) in [6.45, 7) is 7.12. The Kier molecular flexibility index (Phi) is 5.43. The largest absolute Gasteiger partial charge is 0.493 e. The van der Waals surface area contributed by atoms with Gasteiger partial charge in [0.2, 0.25) is 0 Å². The van der Waals surface area contributed by atoms with Crippen molar-refractivity contribution in [3.63, 3.8) is 0 Å². The van der Waals surface area contributed by atoms with Crippen molar-refractivity contribution < 1.29 is 9.47 Å². The quantitative estimate of drug-likeness (QED) is 0.675. The van der Waals surface area contributed by atoms with E-state index in [9.17, 15) is 0 Å². The van der Waals surface area contributed by atoms with Crippen molar-refractivity contribution in [1.29, 1.82) is 0 Å². The Morgan fingerprint density at radius 1 is 1.29 bits per heavy atom. The van der Waals surface area contributed by atoms with Gasteiger partial charge in [0.05, 0.1) is 30.0 Å². The Hall–Kier alpha value is -1.92. The first-order valence-corrected chi connectivity index (χ1v) is 10.7. The van der Waals surface area contributed by atoms with Crippen LogP contribution in [-0.4, -0.2) is 40.1 Å². The molecule has 0 spiro atoms. The molecule has 28 heavy (non-hydrogen) atoms. The van der Waals surface area contributed by atoms with Crippen molar-refractivity contribution in [1.82, 2.24) is 9.88 Å². The molecule has 1 saturated heterocycles. The second kappa shape index (κ2) is 7.84. The van der Waals surface area contributed by atoms with Gasteiger partial charge in [-0.1, -0.05) is 36.4 Å². The van der Waals surface area contributed by atoms with E-state index < -0.39 is 0 Å². The fourth-order valence-corrected chi connectivity index (χ4v) is 5.10. The molecule has 2 aromatic rings. The molecule has 0 radical (unpaired) electrons. The Balaban J connectivity index is 1.78. The number of methoxy groups -OCH3 is 1. The summed E-state index contributed by atoms with van der Waals surface area (Å²) in [5.74, 6) is 1.23. The SMILES string of the molecule is COc1cc([C@@H]2[C@@H](c3ccccn3)N=C3S[C@H](C)CN32)cc(Cl)c1OC(C)C. The van der Waals surface area contributed by atoms with E-state index in [2.05, 4.69) is 16.8 Å². The third-order valence-electron chi connectivity index (χ3n) is 4.83. The molecule has 5 nitrogen and oxygen atoms in total. The molecule has 0 aliphatic carbocycles. The van der Waals surface area contributed by atoms with E-state index in [1.54, 1.807) is 7.11 Å². The van der Waals surface area contributed by atoms with Crippen LogP contribution in [0.5, 0.6) is 11.5 Å². The molecule has 1 aromatic carbocycles. The second-order valence-electron chi connectivity index (χ2n) is 7.34. The lowest BCUT2D eigenvalue weighted by molar-refractivity contribution is 0.229. The number of pyridine rings is 1. The maximum atomic E-state index is 6.62. The number of aromatic nitrogens is 1. The van der Waals surface area contributed by atoms with E-state index in [1.165, 1.54) is 0 Å². The molecule has 7 heteroatoms. The first-order valence-electron chi connectivity index (χ1n) is 9.44. The van der Waals surface area contributed by atoms with E-state index in [1.807, 2.05) is 62.1 Å². The van der Waals surface area contributed by atoms with Gasteiger partial charge in [0.25, 0.3) is 0 Å². The second-order valence-corrected chi connectivity index (χ2v) is 9.15. The van der Waals surface area contributed by atoms with Gasteiger partial charge in [-0.25, -0.2) is 0 Å². The minimum absolute atomic E-state index is 0.00997. The Bertz CT molecular complexity index is 891.